The first kappa shape index (κ1) is 14.6. The molecule has 0 bridgehead atoms. The van der Waals surface area contributed by atoms with Crippen molar-refractivity contribution in [1.29, 1.82) is 0 Å². The molecule has 1 aliphatic carbocycles. The van der Waals surface area contributed by atoms with Crippen LogP contribution in [0.5, 0.6) is 0 Å². The fourth-order valence-electron chi connectivity index (χ4n) is 3.07. The van der Waals surface area contributed by atoms with Crippen LogP contribution in [0.25, 0.3) is 0 Å². The van der Waals surface area contributed by atoms with Gasteiger partial charge in [-0.15, -0.1) is 0 Å². The van der Waals surface area contributed by atoms with Gasteiger partial charge in [-0.3, -0.25) is 4.68 Å². The van der Waals surface area contributed by atoms with Gasteiger partial charge >= 0.3 is 0 Å². The van der Waals surface area contributed by atoms with Crippen molar-refractivity contribution < 1.29 is 0 Å². The highest BCUT2D eigenvalue weighted by molar-refractivity contribution is 5.14. The van der Waals surface area contributed by atoms with E-state index in [0.29, 0.717) is 5.41 Å². The van der Waals surface area contributed by atoms with Gasteiger partial charge in [-0.1, -0.05) is 20.8 Å². The Balaban J connectivity index is 2.10. The molecular weight excluding hydrogens is 234 g/mol. The summed E-state index contributed by atoms with van der Waals surface area (Å²) < 4.78 is 2.13. The van der Waals surface area contributed by atoms with Crippen LogP contribution in [0, 0.1) is 5.41 Å². The van der Waals surface area contributed by atoms with Crippen molar-refractivity contribution in [1.82, 2.24) is 9.78 Å². The molecule has 2 N–H and O–H groups in total. The molecule has 1 saturated carbocycles. The second-order valence-corrected chi connectivity index (χ2v) is 7.00. The zero-order chi connectivity index (χ0) is 14.1. The third-order valence-electron chi connectivity index (χ3n) is 4.71. The van der Waals surface area contributed by atoms with E-state index in [1.54, 1.807) is 0 Å². The monoisotopic (exact) mass is 263 g/mol. The quantitative estimate of drug-likeness (QED) is 0.905. The van der Waals surface area contributed by atoms with E-state index in [1.807, 2.05) is 0 Å². The van der Waals surface area contributed by atoms with Gasteiger partial charge in [0, 0.05) is 24.2 Å². The van der Waals surface area contributed by atoms with Gasteiger partial charge in [-0.2, -0.15) is 5.10 Å². The molecule has 1 fully saturated rings. The summed E-state index contributed by atoms with van der Waals surface area (Å²) >= 11 is 0. The van der Waals surface area contributed by atoms with E-state index in [9.17, 15) is 0 Å². The number of aromatic nitrogens is 2. The van der Waals surface area contributed by atoms with Gasteiger partial charge in [0.1, 0.15) is 0 Å². The molecule has 0 amide bonds. The third-order valence-corrected chi connectivity index (χ3v) is 4.71. The molecule has 0 atom stereocenters. The first-order valence-corrected chi connectivity index (χ1v) is 7.72. The van der Waals surface area contributed by atoms with E-state index >= 15 is 0 Å². The van der Waals surface area contributed by atoms with Gasteiger partial charge < -0.3 is 5.73 Å². The summed E-state index contributed by atoms with van der Waals surface area (Å²) in [7, 11) is 0. The zero-order valence-corrected chi connectivity index (χ0v) is 13.0. The van der Waals surface area contributed by atoms with Gasteiger partial charge in [0.15, 0.2) is 0 Å². The summed E-state index contributed by atoms with van der Waals surface area (Å²) in [5, 5.41) is 4.63. The number of hydrogen-bond acceptors (Lipinski definition) is 2. The Kier molecular flexibility index (Phi) is 4.05. The maximum Gasteiger partial charge on any atom is 0.0624 e. The standard InChI is InChI=1S/C16H29N3/c1-5-13-11-14(19(6-2)18-13)12-16(17)9-7-15(3,4)8-10-16/h11H,5-10,12,17H2,1-4H3. The molecule has 1 aromatic heterocycles. The third kappa shape index (κ3) is 3.38. The SMILES string of the molecule is CCc1cc(CC2(N)CCC(C)(C)CC2)n(CC)n1. The maximum absolute atomic E-state index is 6.65. The van der Waals surface area contributed by atoms with Crippen molar-refractivity contribution in [2.75, 3.05) is 0 Å². The van der Waals surface area contributed by atoms with Crippen LogP contribution >= 0.6 is 0 Å². The van der Waals surface area contributed by atoms with Crippen LogP contribution in [-0.4, -0.2) is 15.3 Å². The van der Waals surface area contributed by atoms with Crippen LogP contribution < -0.4 is 5.73 Å². The molecule has 0 saturated heterocycles. The lowest BCUT2D eigenvalue weighted by molar-refractivity contribution is 0.163. The molecule has 0 aliphatic heterocycles. The number of aryl methyl sites for hydroxylation is 2. The fraction of sp³-hybridized carbons (Fsp3) is 0.812. The Labute approximate surface area is 117 Å². The Bertz CT molecular complexity index is 421. The second-order valence-electron chi connectivity index (χ2n) is 7.00. The van der Waals surface area contributed by atoms with Crippen molar-refractivity contribution in [2.45, 2.75) is 78.3 Å². The van der Waals surface area contributed by atoms with E-state index in [4.69, 9.17) is 5.73 Å². The van der Waals surface area contributed by atoms with Crippen LogP contribution in [-0.2, 0) is 19.4 Å². The topological polar surface area (TPSA) is 43.8 Å². The van der Waals surface area contributed by atoms with Gasteiger partial charge in [0.05, 0.1) is 5.69 Å². The van der Waals surface area contributed by atoms with Crippen molar-refractivity contribution >= 4 is 0 Å². The van der Waals surface area contributed by atoms with Gasteiger partial charge in [-0.05, 0) is 50.5 Å². The molecule has 0 unspecified atom stereocenters. The van der Waals surface area contributed by atoms with Crippen molar-refractivity contribution in [3.8, 4) is 0 Å². The van der Waals surface area contributed by atoms with Crippen LogP contribution in [0.1, 0.15) is 64.8 Å². The maximum atomic E-state index is 6.65. The summed E-state index contributed by atoms with van der Waals surface area (Å²) in [4.78, 5) is 0. The molecule has 1 aromatic rings. The molecule has 0 aromatic carbocycles. The Morgan fingerprint density at radius 2 is 1.84 bits per heavy atom. The fourth-order valence-corrected chi connectivity index (χ4v) is 3.07. The molecule has 19 heavy (non-hydrogen) atoms. The summed E-state index contributed by atoms with van der Waals surface area (Å²) in [6.07, 6.45) is 6.73. The van der Waals surface area contributed by atoms with Crippen molar-refractivity contribution in [2.24, 2.45) is 11.1 Å². The normalized spacial score (nSPS) is 21.5. The lowest BCUT2D eigenvalue weighted by Crippen LogP contribution is -2.47. The molecule has 3 nitrogen and oxygen atoms in total. The van der Waals surface area contributed by atoms with Gasteiger partial charge in [-0.25, -0.2) is 0 Å². The highest BCUT2D eigenvalue weighted by Gasteiger charge is 2.36. The highest BCUT2D eigenvalue weighted by atomic mass is 15.3. The molecule has 108 valence electrons. The zero-order valence-electron chi connectivity index (χ0n) is 13.0. The lowest BCUT2D eigenvalue weighted by atomic mass is 9.68. The smallest absolute Gasteiger partial charge is 0.0624 e. The van der Waals surface area contributed by atoms with Gasteiger partial charge in [0.25, 0.3) is 0 Å². The number of rotatable bonds is 4. The molecular formula is C16H29N3. The van der Waals surface area contributed by atoms with Crippen LogP contribution in [0.3, 0.4) is 0 Å². The first-order valence-electron chi connectivity index (χ1n) is 7.72. The minimum absolute atomic E-state index is 0.0204. The van der Waals surface area contributed by atoms with E-state index in [-0.39, 0.29) is 5.54 Å². The highest BCUT2D eigenvalue weighted by Crippen LogP contribution is 2.40. The molecule has 2 rings (SSSR count). The van der Waals surface area contributed by atoms with E-state index < -0.39 is 0 Å². The first-order chi connectivity index (χ1) is 8.87. The summed E-state index contributed by atoms with van der Waals surface area (Å²) in [5.74, 6) is 0. The molecule has 0 spiro atoms. The Morgan fingerprint density at radius 1 is 1.21 bits per heavy atom. The minimum Gasteiger partial charge on any atom is -0.325 e. The largest absolute Gasteiger partial charge is 0.325 e. The average Bonchev–Trinajstić information content (AvgIpc) is 2.76. The van der Waals surface area contributed by atoms with E-state index in [2.05, 4.69) is 43.5 Å². The van der Waals surface area contributed by atoms with Crippen molar-refractivity contribution in [3.63, 3.8) is 0 Å². The number of nitrogens with zero attached hydrogens (tertiary/aromatic N) is 2. The van der Waals surface area contributed by atoms with Crippen LogP contribution in [0.15, 0.2) is 6.07 Å². The summed E-state index contributed by atoms with van der Waals surface area (Å²) in [6, 6.07) is 2.25. The lowest BCUT2D eigenvalue weighted by Gasteiger charge is -2.41. The van der Waals surface area contributed by atoms with E-state index in [1.165, 1.54) is 24.2 Å². The van der Waals surface area contributed by atoms with Crippen LogP contribution in [0.2, 0.25) is 0 Å². The molecule has 1 heterocycles. The van der Waals surface area contributed by atoms with Gasteiger partial charge in [0.2, 0.25) is 0 Å². The molecule has 0 radical (unpaired) electrons. The van der Waals surface area contributed by atoms with E-state index in [0.717, 1.165) is 32.2 Å². The average molecular weight is 263 g/mol. The predicted molar refractivity (Wildman–Crippen MR) is 80.2 cm³/mol. The Hall–Kier alpha value is -0.830. The Morgan fingerprint density at radius 3 is 2.37 bits per heavy atom. The molecule has 3 heteroatoms. The number of nitrogens with two attached hydrogens (primary N) is 1. The predicted octanol–water partition coefficient (Wildman–Crippen LogP) is 3.31. The molecule has 1 aliphatic rings. The second kappa shape index (κ2) is 5.28. The van der Waals surface area contributed by atoms with Crippen LogP contribution in [0.4, 0.5) is 0 Å². The van der Waals surface area contributed by atoms with Crippen molar-refractivity contribution in [3.05, 3.63) is 17.5 Å². The number of hydrogen-bond donors (Lipinski definition) is 1. The summed E-state index contributed by atoms with van der Waals surface area (Å²) in [6.45, 7) is 9.98. The summed E-state index contributed by atoms with van der Waals surface area (Å²) in [5.41, 5.74) is 9.61. The minimum atomic E-state index is -0.0204.